The highest BCUT2D eigenvalue weighted by Crippen LogP contribution is 2.11. The molecule has 0 heterocycles. The first-order chi connectivity index (χ1) is 16.2. The van der Waals surface area contributed by atoms with Gasteiger partial charge in [0, 0.05) is 26.4 Å². The first-order valence-electron chi connectivity index (χ1n) is 10.8. The van der Waals surface area contributed by atoms with Crippen LogP contribution in [0, 0.1) is 10.8 Å². The summed E-state index contributed by atoms with van der Waals surface area (Å²) in [6, 6.07) is 5.12. The summed E-state index contributed by atoms with van der Waals surface area (Å²) in [5.74, 6) is -1.50. The molecule has 1 rings (SSSR count). The number of methoxy groups -OCH3 is 1. The molecule has 0 saturated carbocycles. The fourth-order valence-corrected chi connectivity index (χ4v) is 3.00. The fourth-order valence-electron chi connectivity index (χ4n) is 3.00. The maximum atomic E-state index is 12.8. The monoisotopic (exact) mass is 475 g/mol. The van der Waals surface area contributed by atoms with Crippen LogP contribution in [0.3, 0.4) is 0 Å². The lowest BCUT2D eigenvalue weighted by atomic mass is 10.1. The minimum atomic E-state index is -1.04. The lowest BCUT2D eigenvalue weighted by molar-refractivity contribution is -0.132. The number of rotatable bonds is 15. The maximum absolute atomic E-state index is 12.8. The van der Waals surface area contributed by atoms with Crippen molar-refractivity contribution >= 4 is 35.7 Å². The molecule has 0 aliphatic carbocycles. The van der Waals surface area contributed by atoms with Crippen LogP contribution in [0.15, 0.2) is 24.3 Å². The topological polar surface area (TPSA) is 199 Å². The minimum absolute atomic E-state index is 0.00686. The van der Waals surface area contributed by atoms with Gasteiger partial charge in [-0.1, -0.05) is 12.1 Å². The third-order valence-corrected chi connectivity index (χ3v) is 4.78. The summed E-state index contributed by atoms with van der Waals surface area (Å²) in [6.07, 6.45) is 1.23. The second-order valence-corrected chi connectivity index (χ2v) is 7.51. The predicted octanol–water partition coefficient (Wildman–Crippen LogP) is -0.437. The van der Waals surface area contributed by atoms with Gasteiger partial charge in [-0.05, 0) is 37.0 Å². The molecule has 0 aromatic heterocycles. The van der Waals surface area contributed by atoms with Crippen molar-refractivity contribution in [1.82, 2.24) is 21.3 Å². The molecule has 2 atom stereocenters. The summed E-state index contributed by atoms with van der Waals surface area (Å²) in [7, 11) is 1.55. The highest BCUT2D eigenvalue weighted by molar-refractivity contribution is 6.26. The second-order valence-electron chi connectivity index (χ2n) is 7.51. The fraction of sp³-hybridized carbons (Fsp3) is 0.455. The molecule has 186 valence electrons. The lowest BCUT2D eigenvalue weighted by Gasteiger charge is -2.23. The molecule has 0 unspecified atom stereocenters. The van der Waals surface area contributed by atoms with Crippen molar-refractivity contribution in [1.29, 1.82) is 10.8 Å². The number of carbonyl (C=O) groups is 4. The SMILES string of the molecule is COc1ccc(CNC(=O)[C@H](CCC(=O)C=N)NC(=O)[C@H](CCCNC(=N)N)NC(C)=O)cc1. The van der Waals surface area contributed by atoms with E-state index in [0.717, 1.165) is 5.56 Å². The van der Waals surface area contributed by atoms with Gasteiger partial charge in [0.1, 0.15) is 17.8 Å². The van der Waals surface area contributed by atoms with Crippen molar-refractivity contribution in [2.75, 3.05) is 13.7 Å². The summed E-state index contributed by atoms with van der Waals surface area (Å²) in [5.41, 5.74) is 6.04. The molecule has 0 bridgehead atoms. The molecule has 8 N–H and O–H groups in total. The Kier molecular flexibility index (Phi) is 12.4. The van der Waals surface area contributed by atoms with Crippen LogP contribution in [0.2, 0.25) is 0 Å². The summed E-state index contributed by atoms with van der Waals surface area (Å²) in [5, 5.41) is 24.7. The van der Waals surface area contributed by atoms with Crippen LogP contribution in [-0.2, 0) is 25.7 Å². The van der Waals surface area contributed by atoms with Crippen LogP contribution in [0.5, 0.6) is 5.75 Å². The van der Waals surface area contributed by atoms with E-state index >= 15 is 0 Å². The number of nitrogens with one attached hydrogen (secondary N) is 6. The second kappa shape index (κ2) is 15.0. The van der Waals surface area contributed by atoms with Gasteiger partial charge in [-0.25, -0.2) is 0 Å². The number of guanidine groups is 1. The van der Waals surface area contributed by atoms with E-state index in [2.05, 4.69) is 21.3 Å². The average molecular weight is 476 g/mol. The van der Waals surface area contributed by atoms with Crippen LogP contribution in [-0.4, -0.2) is 61.4 Å². The molecule has 1 aromatic carbocycles. The Bertz CT molecular complexity index is 873. The molecule has 0 aliphatic heterocycles. The van der Waals surface area contributed by atoms with Crippen LogP contribution in [0.1, 0.15) is 38.2 Å². The normalized spacial score (nSPS) is 11.9. The van der Waals surface area contributed by atoms with Crippen LogP contribution in [0.25, 0.3) is 0 Å². The number of Topliss-reactive ketones (excluding diaryl/α,β-unsaturated/α-hetero) is 1. The quantitative estimate of drug-likeness (QED) is 0.101. The largest absolute Gasteiger partial charge is 0.497 e. The predicted molar refractivity (Wildman–Crippen MR) is 127 cm³/mol. The number of nitrogens with two attached hydrogens (primary N) is 1. The lowest BCUT2D eigenvalue weighted by Crippen LogP contribution is -2.53. The van der Waals surface area contributed by atoms with Gasteiger partial charge in [-0.2, -0.15) is 0 Å². The molecule has 1 aromatic rings. The van der Waals surface area contributed by atoms with Gasteiger partial charge < -0.3 is 37.1 Å². The van der Waals surface area contributed by atoms with E-state index in [1.807, 2.05) is 0 Å². The Hall–Kier alpha value is -3.96. The summed E-state index contributed by atoms with van der Waals surface area (Å²) in [4.78, 5) is 48.8. The number of amides is 3. The Labute approximate surface area is 198 Å². The van der Waals surface area contributed by atoms with E-state index < -0.39 is 35.6 Å². The van der Waals surface area contributed by atoms with Crippen LogP contribution >= 0.6 is 0 Å². The molecular formula is C22H33N7O5. The number of carbonyl (C=O) groups excluding carboxylic acids is 4. The number of ketones is 1. The van der Waals surface area contributed by atoms with Gasteiger partial charge in [0.2, 0.25) is 17.7 Å². The van der Waals surface area contributed by atoms with E-state index in [-0.39, 0.29) is 31.8 Å². The molecule has 0 spiro atoms. The van der Waals surface area contributed by atoms with E-state index in [4.69, 9.17) is 21.3 Å². The maximum Gasteiger partial charge on any atom is 0.243 e. The first kappa shape index (κ1) is 28.1. The summed E-state index contributed by atoms with van der Waals surface area (Å²) < 4.78 is 5.10. The van der Waals surface area contributed by atoms with Crippen LogP contribution in [0.4, 0.5) is 0 Å². The van der Waals surface area contributed by atoms with Gasteiger partial charge in [-0.15, -0.1) is 0 Å². The van der Waals surface area contributed by atoms with E-state index in [1.54, 1.807) is 31.4 Å². The highest BCUT2D eigenvalue weighted by atomic mass is 16.5. The van der Waals surface area contributed by atoms with E-state index in [0.29, 0.717) is 24.9 Å². The Morgan fingerprint density at radius 3 is 2.24 bits per heavy atom. The van der Waals surface area contributed by atoms with Crippen molar-refractivity contribution in [2.24, 2.45) is 5.73 Å². The van der Waals surface area contributed by atoms with Crippen molar-refractivity contribution in [3.8, 4) is 5.75 Å². The zero-order valence-electron chi connectivity index (χ0n) is 19.4. The molecule has 12 heteroatoms. The molecule has 3 amide bonds. The van der Waals surface area contributed by atoms with Gasteiger partial charge in [0.05, 0.1) is 13.3 Å². The zero-order valence-corrected chi connectivity index (χ0v) is 19.4. The van der Waals surface area contributed by atoms with Gasteiger partial charge in [0.15, 0.2) is 11.7 Å². The standard InChI is InChI=1S/C22H33N7O5/c1-14(30)28-18(4-3-11-26-22(24)25)21(33)29-19(10-7-16(31)12-23)20(32)27-13-15-5-8-17(34-2)9-6-15/h5-6,8-9,12,18-19,23H,3-4,7,10-11,13H2,1-2H3,(H,27,32)(H,28,30)(H,29,33)(H4,24,25,26)/t18-,19-/m0/s1. The Balaban J connectivity index is 2.83. The smallest absolute Gasteiger partial charge is 0.243 e. The molecule has 0 saturated heterocycles. The molecule has 0 radical (unpaired) electrons. The van der Waals surface area contributed by atoms with Crippen molar-refractivity contribution in [2.45, 2.75) is 51.2 Å². The van der Waals surface area contributed by atoms with Crippen LogP contribution < -0.4 is 31.7 Å². The number of hydrogen-bond acceptors (Lipinski definition) is 7. The van der Waals surface area contributed by atoms with E-state index in [9.17, 15) is 19.2 Å². The van der Waals surface area contributed by atoms with Crippen molar-refractivity contribution in [3.63, 3.8) is 0 Å². The Morgan fingerprint density at radius 1 is 1.03 bits per heavy atom. The highest BCUT2D eigenvalue weighted by Gasteiger charge is 2.26. The molecule has 34 heavy (non-hydrogen) atoms. The minimum Gasteiger partial charge on any atom is -0.497 e. The molecular weight excluding hydrogens is 442 g/mol. The average Bonchev–Trinajstić information content (AvgIpc) is 2.81. The van der Waals surface area contributed by atoms with Crippen molar-refractivity contribution in [3.05, 3.63) is 29.8 Å². The number of ether oxygens (including phenoxy) is 1. The van der Waals surface area contributed by atoms with E-state index in [1.165, 1.54) is 6.92 Å². The molecule has 0 aliphatic rings. The third kappa shape index (κ3) is 11.1. The summed E-state index contributed by atoms with van der Waals surface area (Å²) >= 11 is 0. The third-order valence-electron chi connectivity index (χ3n) is 4.78. The van der Waals surface area contributed by atoms with Gasteiger partial charge in [0.25, 0.3) is 0 Å². The van der Waals surface area contributed by atoms with Gasteiger partial charge >= 0.3 is 0 Å². The number of benzene rings is 1. The zero-order chi connectivity index (χ0) is 25.5. The molecule has 12 nitrogen and oxygen atoms in total. The Morgan fingerprint density at radius 2 is 1.68 bits per heavy atom. The molecule has 0 fully saturated rings. The number of hydrogen-bond donors (Lipinski definition) is 7. The van der Waals surface area contributed by atoms with Crippen molar-refractivity contribution < 1.29 is 23.9 Å². The van der Waals surface area contributed by atoms with Gasteiger partial charge in [-0.3, -0.25) is 24.6 Å². The summed E-state index contributed by atoms with van der Waals surface area (Å²) in [6.45, 7) is 1.80. The first-order valence-corrected chi connectivity index (χ1v) is 10.8.